The Morgan fingerprint density at radius 1 is 1.00 bits per heavy atom. The van der Waals surface area contributed by atoms with Crippen molar-refractivity contribution < 1.29 is 9.47 Å². The zero-order valence-corrected chi connectivity index (χ0v) is 11.6. The Labute approximate surface area is 119 Å². The first-order valence-corrected chi connectivity index (χ1v) is 6.92. The Balaban J connectivity index is 1.82. The van der Waals surface area contributed by atoms with Crippen molar-refractivity contribution in [3.05, 3.63) is 59.7 Å². The molecule has 104 valence electrons. The summed E-state index contributed by atoms with van der Waals surface area (Å²) in [5.74, 6) is 1.73. The standard InChI is InChI=1S/C17H19NO2/c1-19-15-6-2-4-12(10-15)17(18)13-5-3-7-16(11-13)20-14-8-9-14/h2-7,10-11,14,17H,8-9,18H2,1H3. The van der Waals surface area contributed by atoms with E-state index < -0.39 is 0 Å². The summed E-state index contributed by atoms with van der Waals surface area (Å²) in [5.41, 5.74) is 8.43. The number of ether oxygens (including phenoxy) is 2. The third kappa shape index (κ3) is 2.94. The molecule has 2 aromatic rings. The summed E-state index contributed by atoms with van der Waals surface area (Å²) >= 11 is 0. The minimum Gasteiger partial charge on any atom is -0.497 e. The highest BCUT2D eigenvalue weighted by Gasteiger charge is 2.23. The molecule has 1 fully saturated rings. The van der Waals surface area contributed by atoms with Gasteiger partial charge in [-0.3, -0.25) is 0 Å². The van der Waals surface area contributed by atoms with Crippen molar-refractivity contribution in [3.8, 4) is 11.5 Å². The van der Waals surface area contributed by atoms with E-state index in [1.165, 1.54) is 0 Å². The molecule has 1 aliphatic carbocycles. The van der Waals surface area contributed by atoms with E-state index in [1.807, 2.05) is 48.5 Å². The van der Waals surface area contributed by atoms with Gasteiger partial charge in [0.2, 0.25) is 0 Å². The van der Waals surface area contributed by atoms with E-state index in [-0.39, 0.29) is 6.04 Å². The third-order valence-electron chi connectivity index (χ3n) is 3.50. The molecule has 0 amide bonds. The number of nitrogens with two attached hydrogens (primary N) is 1. The lowest BCUT2D eigenvalue weighted by Crippen LogP contribution is -2.12. The Kier molecular flexibility index (Phi) is 3.61. The highest BCUT2D eigenvalue weighted by Crippen LogP contribution is 2.29. The normalized spacial score (nSPS) is 15.7. The van der Waals surface area contributed by atoms with E-state index in [2.05, 4.69) is 0 Å². The van der Waals surface area contributed by atoms with Gasteiger partial charge in [0.1, 0.15) is 11.5 Å². The van der Waals surface area contributed by atoms with Crippen molar-refractivity contribution in [2.75, 3.05) is 7.11 Å². The maximum absolute atomic E-state index is 6.34. The third-order valence-corrected chi connectivity index (χ3v) is 3.50. The van der Waals surface area contributed by atoms with Crippen molar-refractivity contribution in [2.45, 2.75) is 25.0 Å². The van der Waals surface area contributed by atoms with E-state index in [0.29, 0.717) is 6.10 Å². The maximum atomic E-state index is 6.34. The Morgan fingerprint density at radius 2 is 1.60 bits per heavy atom. The van der Waals surface area contributed by atoms with E-state index in [0.717, 1.165) is 35.5 Å². The van der Waals surface area contributed by atoms with E-state index in [9.17, 15) is 0 Å². The van der Waals surface area contributed by atoms with Gasteiger partial charge >= 0.3 is 0 Å². The zero-order chi connectivity index (χ0) is 13.9. The van der Waals surface area contributed by atoms with E-state index >= 15 is 0 Å². The number of rotatable bonds is 5. The second kappa shape index (κ2) is 5.55. The van der Waals surface area contributed by atoms with Crippen molar-refractivity contribution in [1.29, 1.82) is 0 Å². The van der Waals surface area contributed by atoms with Crippen molar-refractivity contribution in [2.24, 2.45) is 5.73 Å². The van der Waals surface area contributed by atoms with Crippen LogP contribution in [0.25, 0.3) is 0 Å². The average molecular weight is 269 g/mol. The number of hydrogen-bond donors (Lipinski definition) is 1. The molecule has 3 heteroatoms. The van der Waals surface area contributed by atoms with E-state index in [1.54, 1.807) is 7.11 Å². The summed E-state index contributed by atoms with van der Waals surface area (Å²) in [5, 5.41) is 0. The molecule has 0 aliphatic heterocycles. The quantitative estimate of drug-likeness (QED) is 0.906. The monoisotopic (exact) mass is 269 g/mol. The predicted molar refractivity (Wildman–Crippen MR) is 79.1 cm³/mol. The molecule has 0 radical (unpaired) electrons. The first-order valence-electron chi connectivity index (χ1n) is 6.92. The molecule has 0 heterocycles. The number of benzene rings is 2. The SMILES string of the molecule is COc1cccc(C(N)c2cccc(OC3CC3)c2)c1. The first-order chi connectivity index (χ1) is 9.76. The summed E-state index contributed by atoms with van der Waals surface area (Å²) < 4.78 is 11.1. The van der Waals surface area contributed by atoms with Crippen LogP contribution in [0.4, 0.5) is 0 Å². The summed E-state index contributed by atoms with van der Waals surface area (Å²) in [6.07, 6.45) is 2.72. The van der Waals surface area contributed by atoms with Gasteiger partial charge in [-0.2, -0.15) is 0 Å². The second-order valence-electron chi connectivity index (χ2n) is 5.14. The topological polar surface area (TPSA) is 44.5 Å². The van der Waals surface area contributed by atoms with E-state index in [4.69, 9.17) is 15.2 Å². The molecule has 1 saturated carbocycles. The van der Waals surface area contributed by atoms with Crippen LogP contribution in [0, 0.1) is 0 Å². The summed E-state index contributed by atoms with van der Waals surface area (Å²) in [4.78, 5) is 0. The van der Waals surface area contributed by atoms with Crippen LogP contribution in [0.2, 0.25) is 0 Å². The van der Waals surface area contributed by atoms with Crippen molar-refractivity contribution >= 4 is 0 Å². The molecule has 2 N–H and O–H groups in total. The molecule has 20 heavy (non-hydrogen) atoms. The van der Waals surface area contributed by atoms with Gasteiger partial charge in [-0.25, -0.2) is 0 Å². The fourth-order valence-electron chi connectivity index (χ4n) is 2.19. The Hall–Kier alpha value is -2.00. The predicted octanol–water partition coefficient (Wildman–Crippen LogP) is 3.28. The Bertz CT molecular complexity index is 593. The minimum atomic E-state index is -0.173. The molecule has 0 saturated heterocycles. The molecule has 2 aromatic carbocycles. The number of methoxy groups -OCH3 is 1. The molecule has 1 aliphatic rings. The van der Waals surface area contributed by atoms with Gasteiger partial charge in [-0.15, -0.1) is 0 Å². The largest absolute Gasteiger partial charge is 0.497 e. The van der Waals surface area contributed by atoms with Crippen LogP contribution < -0.4 is 15.2 Å². The average Bonchev–Trinajstić information content (AvgIpc) is 3.31. The molecular weight excluding hydrogens is 250 g/mol. The molecule has 1 atom stereocenters. The summed E-state index contributed by atoms with van der Waals surface area (Å²) in [6.45, 7) is 0. The van der Waals surface area contributed by atoms with Gasteiger partial charge in [-0.05, 0) is 48.2 Å². The fourth-order valence-corrected chi connectivity index (χ4v) is 2.19. The maximum Gasteiger partial charge on any atom is 0.120 e. The first kappa shape index (κ1) is 13.0. The molecule has 1 unspecified atom stereocenters. The highest BCUT2D eigenvalue weighted by atomic mass is 16.5. The Morgan fingerprint density at radius 3 is 2.20 bits per heavy atom. The van der Waals surface area contributed by atoms with Gasteiger partial charge in [0, 0.05) is 0 Å². The van der Waals surface area contributed by atoms with Gasteiger partial charge in [-0.1, -0.05) is 24.3 Å². The fraction of sp³-hybridized carbons (Fsp3) is 0.294. The lowest BCUT2D eigenvalue weighted by atomic mass is 9.99. The summed E-state index contributed by atoms with van der Waals surface area (Å²) in [6, 6.07) is 15.7. The smallest absolute Gasteiger partial charge is 0.120 e. The van der Waals surface area contributed by atoms with Crippen molar-refractivity contribution in [3.63, 3.8) is 0 Å². The van der Waals surface area contributed by atoms with Gasteiger partial charge in [0.05, 0.1) is 19.3 Å². The lowest BCUT2D eigenvalue weighted by Gasteiger charge is -2.15. The van der Waals surface area contributed by atoms with Crippen LogP contribution in [-0.4, -0.2) is 13.2 Å². The zero-order valence-electron chi connectivity index (χ0n) is 11.6. The molecule has 3 nitrogen and oxygen atoms in total. The van der Waals surface area contributed by atoms with Crippen LogP contribution >= 0.6 is 0 Å². The van der Waals surface area contributed by atoms with Crippen LogP contribution in [0.3, 0.4) is 0 Å². The molecular formula is C17H19NO2. The van der Waals surface area contributed by atoms with Crippen LogP contribution in [0.15, 0.2) is 48.5 Å². The van der Waals surface area contributed by atoms with Crippen molar-refractivity contribution in [1.82, 2.24) is 0 Å². The molecule has 0 aromatic heterocycles. The van der Waals surface area contributed by atoms with Crippen LogP contribution in [0.1, 0.15) is 30.0 Å². The van der Waals surface area contributed by atoms with Crippen LogP contribution in [-0.2, 0) is 0 Å². The molecule has 0 spiro atoms. The summed E-state index contributed by atoms with van der Waals surface area (Å²) in [7, 11) is 1.66. The number of hydrogen-bond acceptors (Lipinski definition) is 3. The molecule has 3 rings (SSSR count). The van der Waals surface area contributed by atoms with Gasteiger partial charge in [0.25, 0.3) is 0 Å². The molecule has 0 bridgehead atoms. The highest BCUT2D eigenvalue weighted by molar-refractivity contribution is 5.39. The van der Waals surface area contributed by atoms with Gasteiger partial charge in [0.15, 0.2) is 0 Å². The minimum absolute atomic E-state index is 0.173. The lowest BCUT2D eigenvalue weighted by molar-refractivity contribution is 0.303. The van der Waals surface area contributed by atoms with Crippen LogP contribution in [0.5, 0.6) is 11.5 Å². The van der Waals surface area contributed by atoms with Gasteiger partial charge < -0.3 is 15.2 Å². The second-order valence-corrected chi connectivity index (χ2v) is 5.14.